The lowest BCUT2D eigenvalue weighted by molar-refractivity contribution is 0.0937. The second-order valence-corrected chi connectivity index (χ2v) is 8.43. The van der Waals surface area contributed by atoms with E-state index < -0.39 is 0 Å². The van der Waals surface area contributed by atoms with Gasteiger partial charge in [-0.05, 0) is 58.4 Å². The molecule has 0 unspecified atom stereocenters. The molecule has 1 amide bonds. The molecule has 3 rings (SSSR count). The normalized spacial score (nSPS) is 11.1. The number of carbonyl (C=O) groups excluding carboxylic acids is 1. The summed E-state index contributed by atoms with van der Waals surface area (Å²) >= 11 is 7.73. The van der Waals surface area contributed by atoms with E-state index in [-0.39, 0.29) is 17.6 Å². The fourth-order valence-electron chi connectivity index (χ4n) is 2.75. The third-order valence-corrected chi connectivity index (χ3v) is 5.36. The van der Waals surface area contributed by atoms with Crippen LogP contribution < -0.4 is 5.32 Å². The van der Waals surface area contributed by atoms with Crippen molar-refractivity contribution in [2.24, 2.45) is 0 Å². The second-order valence-electron chi connectivity index (χ2n) is 7.08. The molecule has 1 N–H and O–H groups in total. The van der Waals surface area contributed by atoms with Gasteiger partial charge in [-0.3, -0.25) is 4.79 Å². The molecule has 0 bridgehead atoms. The van der Waals surface area contributed by atoms with Crippen molar-refractivity contribution in [3.63, 3.8) is 0 Å². The highest BCUT2D eigenvalue weighted by atomic mass is 35.5. The predicted molar refractivity (Wildman–Crippen MR) is 115 cm³/mol. The number of thioether (sulfide) groups is 1. The van der Waals surface area contributed by atoms with Crippen molar-refractivity contribution in [1.29, 1.82) is 0 Å². The standard InChI is InChI=1S/C20H23ClN6OS/c1-11(2)22-19(28)18-17(10-29-20-23-13(4)8-14(5)24-20)27(26-25-18)15-7-6-12(3)16(21)9-15/h6-9,11H,10H2,1-5H3,(H,22,28). The van der Waals surface area contributed by atoms with Crippen LogP contribution in [0, 0.1) is 20.8 Å². The number of carbonyl (C=O) groups is 1. The first-order valence-corrected chi connectivity index (χ1v) is 10.6. The van der Waals surface area contributed by atoms with Gasteiger partial charge in [-0.1, -0.05) is 34.6 Å². The number of rotatable bonds is 6. The van der Waals surface area contributed by atoms with Crippen LogP contribution in [0.2, 0.25) is 5.02 Å². The number of hydrogen-bond acceptors (Lipinski definition) is 6. The average Bonchev–Trinajstić information content (AvgIpc) is 3.05. The Hall–Kier alpha value is -2.45. The zero-order valence-electron chi connectivity index (χ0n) is 17.0. The molecule has 0 fully saturated rings. The highest BCUT2D eigenvalue weighted by Gasteiger charge is 2.22. The molecule has 9 heteroatoms. The Morgan fingerprint density at radius 2 is 1.86 bits per heavy atom. The lowest BCUT2D eigenvalue weighted by Gasteiger charge is -2.11. The predicted octanol–water partition coefficient (Wildman–Crippen LogP) is 4.07. The minimum Gasteiger partial charge on any atom is -0.348 e. The van der Waals surface area contributed by atoms with E-state index >= 15 is 0 Å². The third kappa shape index (κ3) is 5.13. The summed E-state index contributed by atoms with van der Waals surface area (Å²) in [5.41, 5.74) is 4.45. The van der Waals surface area contributed by atoms with Crippen molar-refractivity contribution in [2.75, 3.05) is 0 Å². The summed E-state index contributed by atoms with van der Waals surface area (Å²) in [6.45, 7) is 9.60. The van der Waals surface area contributed by atoms with Crippen molar-refractivity contribution < 1.29 is 4.79 Å². The number of aryl methyl sites for hydroxylation is 3. The Bertz CT molecular complexity index is 1030. The van der Waals surface area contributed by atoms with Crippen molar-refractivity contribution in [2.45, 2.75) is 51.6 Å². The highest BCUT2D eigenvalue weighted by Crippen LogP contribution is 2.25. The Kier molecular flexibility index (Phi) is 6.54. The molecule has 29 heavy (non-hydrogen) atoms. The molecule has 0 saturated carbocycles. The number of benzene rings is 1. The van der Waals surface area contributed by atoms with Crippen LogP contribution >= 0.6 is 23.4 Å². The Labute approximate surface area is 179 Å². The molecule has 0 saturated heterocycles. The molecule has 0 aliphatic rings. The van der Waals surface area contributed by atoms with E-state index in [0.717, 1.165) is 22.6 Å². The van der Waals surface area contributed by atoms with Crippen molar-refractivity contribution >= 4 is 29.3 Å². The first-order valence-electron chi connectivity index (χ1n) is 9.21. The average molecular weight is 431 g/mol. The third-order valence-electron chi connectivity index (χ3n) is 4.10. The monoisotopic (exact) mass is 430 g/mol. The molecule has 2 aromatic heterocycles. The lowest BCUT2D eigenvalue weighted by Crippen LogP contribution is -2.31. The quantitative estimate of drug-likeness (QED) is 0.468. The van der Waals surface area contributed by atoms with Crippen LogP contribution in [0.5, 0.6) is 0 Å². The van der Waals surface area contributed by atoms with E-state index in [4.69, 9.17) is 11.6 Å². The van der Waals surface area contributed by atoms with Gasteiger partial charge in [0.15, 0.2) is 10.9 Å². The molecular formula is C20H23ClN6OS. The summed E-state index contributed by atoms with van der Waals surface area (Å²) in [6.07, 6.45) is 0. The largest absolute Gasteiger partial charge is 0.348 e. The minimum atomic E-state index is -0.263. The van der Waals surface area contributed by atoms with E-state index in [1.807, 2.05) is 58.9 Å². The van der Waals surface area contributed by atoms with Gasteiger partial charge >= 0.3 is 0 Å². The number of nitrogens with one attached hydrogen (secondary N) is 1. The first kappa shape index (κ1) is 21.3. The van der Waals surface area contributed by atoms with Crippen LogP contribution in [-0.4, -0.2) is 36.9 Å². The van der Waals surface area contributed by atoms with Crippen LogP contribution in [-0.2, 0) is 5.75 Å². The van der Waals surface area contributed by atoms with Crippen LogP contribution in [0.25, 0.3) is 5.69 Å². The molecule has 1 aromatic carbocycles. The van der Waals surface area contributed by atoms with E-state index in [0.29, 0.717) is 21.6 Å². The summed E-state index contributed by atoms with van der Waals surface area (Å²) in [6, 6.07) is 7.55. The van der Waals surface area contributed by atoms with Gasteiger partial charge in [-0.25, -0.2) is 14.6 Å². The number of nitrogens with zero attached hydrogens (tertiary/aromatic N) is 5. The summed E-state index contributed by atoms with van der Waals surface area (Å²) in [5.74, 6) is 0.170. The van der Waals surface area contributed by atoms with Gasteiger partial charge in [0, 0.05) is 28.2 Å². The maximum atomic E-state index is 12.7. The van der Waals surface area contributed by atoms with Crippen molar-refractivity contribution in [3.8, 4) is 5.69 Å². The van der Waals surface area contributed by atoms with E-state index in [2.05, 4.69) is 25.6 Å². The Morgan fingerprint density at radius 1 is 1.17 bits per heavy atom. The first-order chi connectivity index (χ1) is 13.7. The van der Waals surface area contributed by atoms with E-state index in [1.165, 1.54) is 11.8 Å². The summed E-state index contributed by atoms with van der Waals surface area (Å²) < 4.78 is 1.65. The van der Waals surface area contributed by atoms with Crippen LogP contribution in [0.3, 0.4) is 0 Å². The smallest absolute Gasteiger partial charge is 0.274 e. The second kappa shape index (κ2) is 8.92. The maximum absolute atomic E-state index is 12.7. The van der Waals surface area contributed by atoms with Crippen LogP contribution in [0.1, 0.15) is 47.0 Å². The molecular weight excluding hydrogens is 408 g/mol. The van der Waals surface area contributed by atoms with Gasteiger partial charge in [0.1, 0.15) is 0 Å². The minimum absolute atomic E-state index is 0.00951. The molecule has 152 valence electrons. The topological polar surface area (TPSA) is 85.6 Å². The molecule has 0 aliphatic heterocycles. The van der Waals surface area contributed by atoms with Crippen molar-refractivity contribution in [3.05, 3.63) is 57.6 Å². The molecule has 0 radical (unpaired) electrons. The molecule has 0 spiro atoms. The van der Waals surface area contributed by atoms with E-state index in [9.17, 15) is 4.79 Å². The van der Waals surface area contributed by atoms with Gasteiger partial charge in [-0.15, -0.1) is 5.10 Å². The van der Waals surface area contributed by atoms with Gasteiger partial charge in [-0.2, -0.15) is 0 Å². The van der Waals surface area contributed by atoms with Gasteiger partial charge in [0.05, 0.1) is 11.4 Å². The van der Waals surface area contributed by atoms with Crippen molar-refractivity contribution in [1.82, 2.24) is 30.3 Å². The maximum Gasteiger partial charge on any atom is 0.274 e. The molecule has 0 aliphatic carbocycles. The Morgan fingerprint density at radius 3 is 2.48 bits per heavy atom. The zero-order chi connectivity index (χ0) is 21.1. The number of amides is 1. The highest BCUT2D eigenvalue weighted by molar-refractivity contribution is 7.98. The van der Waals surface area contributed by atoms with Gasteiger partial charge < -0.3 is 5.32 Å². The number of aromatic nitrogens is 5. The lowest BCUT2D eigenvalue weighted by atomic mass is 10.2. The van der Waals surface area contributed by atoms with Gasteiger partial charge in [0.25, 0.3) is 5.91 Å². The van der Waals surface area contributed by atoms with Gasteiger partial charge in [0.2, 0.25) is 0 Å². The van der Waals surface area contributed by atoms with E-state index in [1.54, 1.807) is 4.68 Å². The number of halogens is 1. The van der Waals surface area contributed by atoms with Crippen LogP contribution in [0.4, 0.5) is 0 Å². The fourth-order valence-corrected chi connectivity index (χ4v) is 3.87. The SMILES string of the molecule is Cc1cc(C)nc(SCc2c(C(=O)NC(C)C)nnn2-c2ccc(C)c(Cl)c2)n1. The molecule has 7 nitrogen and oxygen atoms in total. The Balaban J connectivity index is 1.99. The fraction of sp³-hybridized carbons (Fsp3) is 0.350. The number of hydrogen-bond donors (Lipinski definition) is 1. The summed E-state index contributed by atoms with van der Waals surface area (Å²) in [7, 11) is 0. The van der Waals surface area contributed by atoms with Crippen LogP contribution in [0.15, 0.2) is 29.4 Å². The molecule has 3 aromatic rings. The molecule has 0 atom stereocenters. The summed E-state index contributed by atoms with van der Waals surface area (Å²) in [5, 5.41) is 12.5. The summed E-state index contributed by atoms with van der Waals surface area (Å²) in [4.78, 5) is 21.6. The molecule has 2 heterocycles. The zero-order valence-corrected chi connectivity index (χ0v) is 18.6.